The van der Waals surface area contributed by atoms with Crippen LogP contribution >= 0.6 is 11.3 Å². The Balaban J connectivity index is 0.000000461. The maximum atomic E-state index is 9.50. The van der Waals surface area contributed by atoms with E-state index in [2.05, 4.69) is 10.1 Å². The number of aliphatic hydroxyl groups excluding tert-OH is 1. The third-order valence-corrected chi connectivity index (χ3v) is 2.36. The first-order chi connectivity index (χ1) is 6.66. The summed E-state index contributed by atoms with van der Waals surface area (Å²) in [6, 6.07) is 0. The highest BCUT2D eigenvalue weighted by molar-refractivity contribution is 7.16. The minimum atomic E-state index is -1.50. The largest absolute Gasteiger partial charge is 0.362 e. The smallest absolute Gasteiger partial charge is 0.212 e. The summed E-state index contributed by atoms with van der Waals surface area (Å²) < 4.78 is 11.0. The average Bonchev–Trinajstić information content (AvgIpc) is 2.64. The molecule has 78 valence electrons. The molecule has 2 N–H and O–H groups in total. The Bertz CT molecular complexity index is 380. The third kappa shape index (κ3) is 2.06. The van der Waals surface area contributed by atoms with Crippen molar-refractivity contribution in [2.75, 3.05) is 7.18 Å². The molecular weight excluding hydrogens is 209 g/mol. The van der Waals surface area contributed by atoms with Crippen molar-refractivity contribution in [3.63, 3.8) is 0 Å². The molecular formula is C7H10FN3O2S. The van der Waals surface area contributed by atoms with E-state index in [1.807, 2.05) is 6.92 Å². The first kappa shape index (κ1) is 11.0. The van der Waals surface area contributed by atoms with Gasteiger partial charge in [-0.25, -0.2) is 9.50 Å². The van der Waals surface area contributed by atoms with Gasteiger partial charge in [0.2, 0.25) is 11.3 Å². The second-order valence-corrected chi connectivity index (χ2v) is 3.41. The number of alkyl halides is 1. The molecule has 0 aromatic carbocycles. The van der Waals surface area contributed by atoms with Crippen LogP contribution in [0, 0.1) is 6.92 Å². The van der Waals surface area contributed by atoms with E-state index < -0.39 is 6.29 Å². The van der Waals surface area contributed by atoms with Crippen LogP contribution in [0.2, 0.25) is 0 Å². The van der Waals surface area contributed by atoms with Crippen LogP contribution in [0.5, 0.6) is 0 Å². The highest BCUT2D eigenvalue weighted by atomic mass is 32.1. The van der Waals surface area contributed by atoms with E-state index in [0.29, 0.717) is 12.1 Å². The molecule has 0 atom stereocenters. The standard InChI is InChI=1S/C6H7N3O2S.CH3F/c1-3-2-9-6(7-3)12-4(8-9)5(10)11;1-2/h2,5,10-11H,1H3;1H3. The summed E-state index contributed by atoms with van der Waals surface area (Å²) in [6.45, 7) is 1.86. The molecule has 0 bridgehead atoms. The molecule has 5 nitrogen and oxygen atoms in total. The van der Waals surface area contributed by atoms with E-state index in [4.69, 9.17) is 10.2 Å². The number of hydrogen-bond donors (Lipinski definition) is 2. The van der Waals surface area contributed by atoms with Crippen LogP contribution in [0.4, 0.5) is 4.39 Å². The molecule has 0 aliphatic carbocycles. The fourth-order valence-corrected chi connectivity index (χ4v) is 1.73. The zero-order valence-electron chi connectivity index (χ0n) is 7.68. The SMILES string of the molecule is CF.Cc1cn2nc(C(O)O)sc2n1. The molecule has 7 heteroatoms. The Morgan fingerprint density at radius 3 is 2.64 bits per heavy atom. The van der Waals surface area contributed by atoms with Gasteiger partial charge in [0, 0.05) is 0 Å². The Kier molecular flexibility index (Phi) is 3.50. The molecule has 0 spiro atoms. The van der Waals surface area contributed by atoms with E-state index in [1.165, 1.54) is 15.9 Å². The molecule has 2 heterocycles. The molecule has 2 rings (SSSR count). The summed E-state index contributed by atoms with van der Waals surface area (Å²) in [6.07, 6.45) is 0.231. The molecule has 2 aromatic heterocycles. The van der Waals surface area contributed by atoms with Crippen LogP contribution < -0.4 is 0 Å². The van der Waals surface area contributed by atoms with Gasteiger partial charge >= 0.3 is 0 Å². The van der Waals surface area contributed by atoms with E-state index in [1.54, 1.807) is 6.20 Å². The van der Waals surface area contributed by atoms with Gasteiger partial charge in [0.05, 0.1) is 19.1 Å². The van der Waals surface area contributed by atoms with Crippen LogP contribution in [0.15, 0.2) is 6.20 Å². The Morgan fingerprint density at radius 1 is 1.50 bits per heavy atom. The first-order valence-corrected chi connectivity index (χ1v) is 4.55. The normalized spacial score (nSPS) is 10.4. The Labute approximate surface area is 83.5 Å². The summed E-state index contributed by atoms with van der Waals surface area (Å²) >= 11 is 1.17. The van der Waals surface area contributed by atoms with E-state index in [-0.39, 0.29) is 5.01 Å². The number of hydrogen-bond acceptors (Lipinski definition) is 5. The number of aromatic nitrogens is 3. The monoisotopic (exact) mass is 219 g/mol. The van der Waals surface area contributed by atoms with Crippen LogP contribution in [-0.4, -0.2) is 32.0 Å². The number of aliphatic hydroxyl groups is 2. The molecule has 2 aromatic rings. The van der Waals surface area contributed by atoms with Gasteiger partial charge in [0.15, 0.2) is 5.01 Å². The third-order valence-electron chi connectivity index (χ3n) is 1.40. The summed E-state index contributed by atoms with van der Waals surface area (Å²) in [5.41, 5.74) is 0.868. The minimum Gasteiger partial charge on any atom is -0.362 e. The first-order valence-electron chi connectivity index (χ1n) is 3.73. The molecule has 0 saturated carbocycles. The van der Waals surface area contributed by atoms with Gasteiger partial charge in [-0.05, 0) is 6.92 Å². The zero-order valence-corrected chi connectivity index (χ0v) is 8.49. The van der Waals surface area contributed by atoms with Crippen molar-refractivity contribution in [2.24, 2.45) is 0 Å². The maximum absolute atomic E-state index is 9.50. The fraction of sp³-hybridized carbons (Fsp3) is 0.429. The van der Waals surface area contributed by atoms with Crippen molar-refractivity contribution < 1.29 is 14.6 Å². The van der Waals surface area contributed by atoms with E-state index in [0.717, 1.165) is 5.69 Å². The second kappa shape index (κ2) is 4.45. The number of rotatable bonds is 1. The molecule has 14 heavy (non-hydrogen) atoms. The number of halogens is 1. The molecule has 0 unspecified atom stereocenters. The van der Waals surface area contributed by atoms with Gasteiger partial charge in [0.1, 0.15) is 0 Å². The summed E-state index contributed by atoms with van der Waals surface area (Å²) in [7, 11) is 0.500. The van der Waals surface area contributed by atoms with Crippen molar-refractivity contribution in [3.8, 4) is 0 Å². The molecule has 0 amide bonds. The lowest BCUT2D eigenvalue weighted by Crippen LogP contribution is -1.94. The van der Waals surface area contributed by atoms with Crippen LogP contribution in [-0.2, 0) is 0 Å². The van der Waals surface area contributed by atoms with Crippen molar-refractivity contribution in [2.45, 2.75) is 13.2 Å². The zero-order chi connectivity index (χ0) is 10.7. The number of imidazole rings is 1. The van der Waals surface area contributed by atoms with Crippen LogP contribution in [0.1, 0.15) is 17.0 Å². The van der Waals surface area contributed by atoms with E-state index >= 15 is 0 Å². The Hall–Kier alpha value is -1.05. The molecule has 0 radical (unpaired) electrons. The quantitative estimate of drug-likeness (QED) is 0.691. The van der Waals surface area contributed by atoms with Crippen LogP contribution in [0.3, 0.4) is 0 Å². The summed E-state index contributed by atoms with van der Waals surface area (Å²) in [5, 5.41) is 21.7. The predicted octanol–water partition coefficient (Wildman–Crippen LogP) is 0.668. The highest BCUT2D eigenvalue weighted by Gasteiger charge is 2.11. The lowest BCUT2D eigenvalue weighted by Gasteiger charge is -1.92. The molecule has 0 fully saturated rings. The van der Waals surface area contributed by atoms with Gasteiger partial charge in [-0.3, -0.25) is 4.39 Å². The Morgan fingerprint density at radius 2 is 2.14 bits per heavy atom. The average molecular weight is 219 g/mol. The van der Waals surface area contributed by atoms with Crippen molar-refractivity contribution in [1.82, 2.24) is 14.6 Å². The lowest BCUT2D eigenvalue weighted by atomic mass is 10.6. The van der Waals surface area contributed by atoms with Crippen molar-refractivity contribution in [1.29, 1.82) is 0 Å². The van der Waals surface area contributed by atoms with Crippen molar-refractivity contribution >= 4 is 16.3 Å². The van der Waals surface area contributed by atoms with Crippen LogP contribution in [0.25, 0.3) is 4.96 Å². The highest BCUT2D eigenvalue weighted by Crippen LogP contribution is 2.18. The van der Waals surface area contributed by atoms with E-state index in [9.17, 15) is 4.39 Å². The lowest BCUT2D eigenvalue weighted by molar-refractivity contribution is -0.0432. The van der Waals surface area contributed by atoms with Gasteiger partial charge in [-0.1, -0.05) is 11.3 Å². The topological polar surface area (TPSA) is 70.7 Å². The van der Waals surface area contributed by atoms with Gasteiger partial charge in [0.25, 0.3) is 0 Å². The minimum absolute atomic E-state index is 0.262. The number of fused-ring (bicyclic) bond motifs is 1. The molecule has 0 saturated heterocycles. The number of aryl methyl sites for hydroxylation is 1. The van der Waals surface area contributed by atoms with Gasteiger partial charge < -0.3 is 10.2 Å². The van der Waals surface area contributed by atoms with Crippen molar-refractivity contribution in [3.05, 3.63) is 16.9 Å². The molecule has 0 aliphatic heterocycles. The maximum Gasteiger partial charge on any atom is 0.212 e. The van der Waals surface area contributed by atoms with Gasteiger partial charge in [-0.15, -0.1) is 0 Å². The number of nitrogens with zero attached hydrogens (tertiary/aromatic N) is 3. The predicted molar refractivity (Wildman–Crippen MR) is 49.8 cm³/mol. The summed E-state index contributed by atoms with van der Waals surface area (Å²) in [4.78, 5) is 4.79. The molecule has 0 aliphatic rings. The van der Waals surface area contributed by atoms with Gasteiger partial charge in [-0.2, -0.15) is 5.10 Å². The summed E-state index contributed by atoms with van der Waals surface area (Å²) in [5.74, 6) is 0. The second-order valence-electron chi connectivity index (χ2n) is 2.42. The fourth-order valence-electron chi connectivity index (χ4n) is 0.929.